The molecular formula is C13H17NO3. The highest BCUT2D eigenvalue weighted by Crippen LogP contribution is 2.33. The summed E-state index contributed by atoms with van der Waals surface area (Å²) in [7, 11) is 0. The number of para-hydroxylation sites is 1. The molecule has 0 aromatic heterocycles. The van der Waals surface area contributed by atoms with E-state index in [-0.39, 0.29) is 5.92 Å². The number of rotatable bonds is 4. The number of aliphatic carboxylic acids is 1. The van der Waals surface area contributed by atoms with Gasteiger partial charge in [0, 0.05) is 18.0 Å². The minimum atomic E-state index is -0.905. The van der Waals surface area contributed by atoms with E-state index in [1.807, 2.05) is 24.3 Å². The minimum absolute atomic E-state index is 0.227. The topological polar surface area (TPSA) is 58.6 Å². The first-order valence-electron chi connectivity index (χ1n) is 5.71. The normalized spacial score (nSPS) is 18.6. The third-order valence-corrected chi connectivity index (χ3v) is 3.12. The van der Waals surface area contributed by atoms with Gasteiger partial charge in [0.15, 0.2) is 0 Å². The second-order valence-electron chi connectivity index (χ2n) is 4.86. The molecule has 0 saturated carbocycles. The summed E-state index contributed by atoms with van der Waals surface area (Å²) < 4.78 is 5.55. The number of ether oxygens (including phenoxy) is 1. The number of carboxylic acids is 1. The van der Waals surface area contributed by atoms with Crippen molar-refractivity contribution in [2.45, 2.75) is 25.3 Å². The largest absolute Gasteiger partial charge is 0.493 e. The molecule has 0 radical (unpaired) electrons. The Kier molecular flexibility index (Phi) is 3.07. The summed E-state index contributed by atoms with van der Waals surface area (Å²) in [5.74, 6) is 0.293. The van der Waals surface area contributed by atoms with Crippen LogP contribution >= 0.6 is 0 Å². The van der Waals surface area contributed by atoms with Gasteiger partial charge in [0.1, 0.15) is 11.3 Å². The fourth-order valence-electron chi connectivity index (χ4n) is 1.85. The van der Waals surface area contributed by atoms with Gasteiger partial charge in [-0.25, -0.2) is 0 Å². The lowest BCUT2D eigenvalue weighted by molar-refractivity contribution is -0.143. The van der Waals surface area contributed by atoms with Crippen LogP contribution in [0, 0.1) is 0 Å². The number of fused-ring (bicyclic) bond motifs is 1. The van der Waals surface area contributed by atoms with Crippen LogP contribution in [0.4, 0.5) is 0 Å². The molecule has 1 aliphatic rings. The van der Waals surface area contributed by atoms with Crippen molar-refractivity contribution in [3.05, 3.63) is 29.8 Å². The van der Waals surface area contributed by atoms with Gasteiger partial charge in [-0.3, -0.25) is 4.79 Å². The average Bonchev–Trinajstić information content (AvgIpc) is 2.69. The molecule has 17 heavy (non-hydrogen) atoms. The first-order valence-corrected chi connectivity index (χ1v) is 5.71. The molecule has 0 spiro atoms. The van der Waals surface area contributed by atoms with Crippen molar-refractivity contribution in [3.63, 3.8) is 0 Å². The Labute approximate surface area is 101 Å². The van der Waals surface area contributed by atoms with E-state index in [0.717, 1.165) is 11.3 Å². The monoisotopic (exact) mass is 235 g/mol. The fraction of sp³-hybridized carbons (Fsp3) is 0.462. The Bertz CT molecular complexity index is 428. The van der Waals surface area contributed by atoms with E-state index in [9.17, 15) is 4.79 Å². The van der Waals surface area contributed by atoms with E-state index in [4.69, 9.17) is 9.84 Å². The van der Waals surface area contributed by atoms with Crippen molar-refractivity contribution in [3.8, 4) is 5.75 Å². The summed E-state index contributed by atoms with van der Waals surface area (Å²) >= 11 is 0. The number of carbonyl (C=O) groups is 1. The van der Waals surface area contributed by atoms with Gasteiger partial charge in [-0.15, -0.1) is 0 Å². The maximum Gasteiger partial charge on any atom is 0.323 e. The highest BCUT2D eigenvalue weighted by atomic mass is 16.5. The number of hydrogen-bond acceptors (Lipinski definition) is 3. The standard InChI is InChI=1S/C13H17NO3/c1-13(2,12(15)16)14-7-9-8-17-11-6-4-3-5-10(9)11/h3-6,9,14H,7-8H2,1-2H3,(H,15,16). The van der Waals surface area contributed by atoms with Crippen LogP contribution in [-0.4, -0.2) is 29.8 Å². The zero-order chi connectivity index (χ0) is 12.5. The van der Waals surface area contributed by atoms with E-state index in [1.54, 1.807) is 13.8 Å². The lowest BCUT2D eigenvalue weighted by atomic mass is 9.99. The summed E-state index contributed by atoms with van der Waals surface area (Å²) in [6.07, 6.45) is 0. The van der Waals surface area contributed by atoms with Gasteiger partial charge < -0.3 is 15.2 Å². The van der Waals surface area contributed by atoms with Gasteiger partial charge in [0.05, 0.1) is 6.61 Å². The molecule has 0 amide bonds. The molecule has 4 heteroatoms. The van der Waals surface area contributed by atoms with E-state index in [2.05, 4.69) is 5.32 Å². The van der Waals surface area contributed by atoms with Crippen LogP contribution in [0.5, 0.6) is 5.75 Å². The predicted molar refractivity (Wildman–Crippen MR) is 64.4 cm³/mol. The van der Waals surface area contributed by atoms with E-state index in [0.29, 0.717) is 13.2 Å². The van der Waals surface area contributed by atoms with Gasteiger partial charge in [0.2, 0.25) is 0 Å². The molecule has 1 aromatic rings. The second-order valence-corrected chi connectivity index (χ2v) is 4.86. The van der Waals surface area contributed by atoms with Crippen LogP contribution in [-0.2, 0) is 4.79 Å². The number of carboxylic acid groups (broad SMARTS) is 1. The smallest absolute Gasteiger partial charge is 0.323 e. The summed E-state index contributed by atoms with van der Waals surface area (Å²) in [5, 5.41) is 12.1. The lowest BCUT2D eigenvalue weighted by Crippen LogP contribution is -2.48. The van der Waals surface area contributed by atoms with Crippen LogP contribution in [0.25, 0.3) is 0 Å². The average molecular weight is 235 g/mol. The molecule has 0 saturated heterocycles. The Morgan fingerprint density at radius 3 is 2.94 bits per heavy atom. The quantitative estimate of drug-likeness (QED) is 0.832. The third-order valence-electron chi connectivity index (χ3n) is 3.12. The van der Waals surface area contributed by atoms with Gasteiger partial charge in [-0.1, -0.05) is 18.2 Å². The Hall–Kier alpha value is -1.55. The molecule has 1 heterocycles. The molecule has 1 aromatic carbocycles. The molecule has 1 unspecified atom stereocenters. The maximum absolute atomic E-state index is 11.0. The highest BCUT2D eigenvalue weighted by Gasteiger charge is 2.30. The van der Waals surface area contributed by atoms with Crippen molar-refractivity contribution >= 4 is 5.97 Å². The SMILES string of the molecule is CC(C)(NCC1COc2ccccc21)C(=O)O. The van der Waals surface area contributed by atoms with Crippen LogP contribution in [0.2, 0.25) is 0 Å². The summed E-state index contributed by atoms with van der Waals surface area (Å²) in [6.45, 7) is 4.55. The van der Waals surface area contributed by atoms with Crippen molar-refractivity contribution in [1.29, 1.82) is 0 Å². The zero-order valence-corrected chi connectivity index (χ0v) is 10.1. The molecule has 92 valence electrons. The van der Waals surface area contributed by atoms with Crippen molar-refractivity contribution in [1.82, 2.24) is 5.32 Å². The van der Waals surface area contributed by atoms with Crippen LogP contribution in [0.15, 0.2) is 24.3 Å². The van der Waals surface area contributed by atoms with Gasteiger partial charge in [-0.05, 0) is 19.9 Å². The summed E-state index contributed by atoms with van der Waals surface area (Å²) in [4.78, 5) is 11.0. The van der Waals surface area contributed by atoms with Crippen molar-refractivity contribution in [2.24, 2.45) is 0 Å². The van der Waals surface area contributed by atoms with Gasteiger partial charge in [-0.2, -0.15) is 0 Å². The first-order chi connectivity index (χ1) is 8.00. The Morgan fingerprint density at radius 2 is 2.24 bits per heavy atom. The van der Waals surface area contributed by atoms with E-state index in [1.165, 1.54) is 0 Å². The molecule has 0 fully saturated rings. The second kappa shape index (κ2) is 4.37. The predicted octanol–water partition coefficient (Wildman–Crippen LogP) is 1.62. The lowest BCUT2D eigenvalue weighted by Gasteiger charge is -2.23. The molecule has 0 bridgehead atoms. The van der Waals surface area contributed by atoms with Crippen molar-refractivity contribution < 1.29 is 14.6 Å². The van der Waals surface area contributed by atoms with Gasteiger partial charge >= 0.3 is 5.97 Å². The van der Waals surface area contributed by atoms with Crippen LogP contribution in [0.1, 0.15) is 25.3 Å². The first kappa shape index (κ1) is 11.9. The van der Waals surface area contributed by atoms with Crippen LogP contribution in [0.3, 0.4) is 0 Å². The molecule has 2 N–H and O–H groups in total. The van der Waals surface area contributed by atoms with Crippen molar-refractivity contribution in [2.75, 3.05) is 13.2 Å². The van der Waals surface area contributed by atoms with Crippen LogP contribution < -0.4 is 10.1 Å². The molecular weight excluding hydrogens is 218 g/mol. The Balaban J connectivity index is 2.01. The van der Waals surface area contributed by atoms with E-state index < -0.39 is 11.5 Å². The molecule has 0 aliphatic carbocycles. The molecule has 1 aliphatic heterocycles. The zero-order valence-electron chi connectivity index (χ0n) is 10.1. The summed E-state index contributed by atoms with van der Waals surface area (Å²) in [5.41, 5.74) is 0.249. The minimum Gasteiger partial charge on any atom is -0.493 e. The molecule has 2 rings (SSSR count). The number of benzene rings is 1. The highest BCUT2D eigenvalue weighted by molar-refractivity contribution is 5.77. The summed E-state index contributed by atoms with van der Waals surface area (Å²) in [6, 6.07) is 7.89. The number of hydrogen-bond donors (Lipinski definition) is 2. The van der Waals surface area contributed by atoms with E-state index >= 15 is 0 Å². The fourth-order valence-corrected chi connectivity index (χ4v) is 1.85. The third kappa shape index (κ3) is 2.42. The molecule has 4 nitrogen and oxygen atoms in total. The van der Waals surface area contributed by atoms with Gasteiger partial charge in [0.25, 0.3) is 0 Å². The maximum atomic E-state index is 11.0. The molecule has 1 atom stereocenters. The Morgan fingerprint density at radius 1 is 1.53 bits per heavy atom. The number of nitrogens with one attached hydrogen (secondary N) is 1.